The maximum Gasteiger partial charge on any atom is 0.242 e. The van der Waals surface area contributed by atoms with Gasteiger partial charge in [0.15, 0.2) is 5.82 Å². The van der Waals surface area contributed by atoms with Gasteiger partial charge in [-0.05, 0) is 29.7 Å². The van der Waals surface area contributed by atoms with Crippen molar-refractivity contribution in [2.75, 3.05) is 37.6 Å². The van der Waals surface area contributed by atoms with E-state index >= 15 is 0 Å². The minimum absolute atomic E-state index is 0.00900. The number of rotatable bonds is 8. The lowest BCUT2D eigenvalue weighted by molar-refractivity contribution is -0.141. The monoisotopic (exact) mass is 505 g/mol. The van der Waals surface area contributed by atoms with Crippen molar-refractivity contribution in [2.24, 2.45) is 5.92 Å². The van der Waals surface area contributed by atoms with Crippen LogP contribution in [0.4, 0.5) is 5.82 Å². The summed E-state index contributed by atoms with van der Waals surface area (Å²) in [5, 5.41) is 9.40. The molecule has 0 spiro atoms. The second-order valence-corrected chi connectivity index (χ2v) is 9.87. The molecule has 1 aliphatic rings. The molecule has 0 aliphatic carbocycles. The van der Waals surface area contributed by atoms with Gasteiger partial charge in [-0.15, -0.1) is 10.2 Å². The Bertz CT molecular complexity index is 1160. The van der Waals surface area contributed by atoms with Gasteiger partial charge in [-0.3, -0.25) is 9.59 Å². The lowest BCUT2D eigenvalue weighted by atomic mass is 10.1. The molecular weight excluding hydrogens is 474 g/mol. The Labute approximate surface area is 217 Å². The van der Waals surface area contributed by atoms with Gasteiger partial charge < -0.3 is 14.7 Å². The molecule has 2 aromatic carbocycles. The van der Waals surface area contributed by atoms with Gasteiger partial charge in [0.25, 0.3) is 0 Å². The molecule has 4 rings (SSSR count). The summed E-state index contributed by atoms with van der Waals surface area (Å²) in [5.74, 6) is 0.994. The lowest BCUT2D eigenvalue weighted by Crippen LogP contribution is -2.52. The Morgan fingerprint density at radius 1 is 0.917 bits per heavy atom. The quantitative estimate of drug-likeness (QED) is 0.450. The zero-order valence-electron chi connectivity index (χ0n) is 20.8. The molecule has 2 heterocycles. The number of anilines is 1. The zero-order chi connectivity index (χ0) is 25.5. The molecule has 1 saturated heterocycles. The largest absolute Gasteiger partial charge is 0.352 e. The lowest BCUT2D eigenvalue weighted by Gasteiger charge is -2.36. The van der Waals surface area contributed by atoms with Crippen LogP contribution < -0.4 is 4.90 Å². The molecule has 0 unspecified atom stereocenters. The van der Waals surface area contributed by atoms with Gasteiger partial charge in [0, 0.05) is 44.7 Å². The summed E-state index contributed by atoms with van der Waals surface area (Å²) in [5.41, 5.74) is 2.59. The van der Waals surface area contributed by atoms with E-state index in [1.54, 1.807) is 4.90 Å². The van der Waals surface area contributed by atoms with E-state index in [1.807, 2.05) is 85.5 Å². The third kappa shape index (κ3) is 6.61. The van der Waals surface area contributed by atoms with Crippen LogP contribution in [0.15, 0.2) is 66.7 Å². The highest BCUT2D eigenvalue weighted by atomic mass is 35.5. The molecule has 8 heteroatoms. The molecule has 3 aromatic rings. The molecule has 1 fully saturated rings. The third-order valence-corrected chi connectivity index (χ3v) is 6.56. The van der Waals surface area contributed by atoms with E-state index in [0.717, 1.165) is 22.6 Å². The molecule has 0 radical (unpaired) electrons. The van der Waals surface area contributed by atoms with Crippen molar-refractivity contribution >= 4 is 29.2 Å². The zero-order valence-corrected chi connectivity index (χ0v) is 21.6. The highest BCUT2D eigenvalue weighted by Crippen LogP contribution is 2.26. The first-order chi connectivity index (χ1) is 17.4. The summed E-state index contributed by atoms with van der Waals surface area (Å²) < 4.78 is 0. The van der Waals surface area contributed by atoms with Crippen molar-refractivity contribution < 1.29 is 9.59 Å². The first-order valence-electron chi connectivity index (χ1n) is 12.3. The van der Waals surface area contributed by atoms with Crippen LogP contribution in [0.25, 0.3) is 11.3 Å². The van der Waals surface area contributed by atoms with Gasteiger partial charge in [-0.1, -0.05) is 74.0 Å². The number of hydrogen-bond donors (Lipinski definition) is 0. The van der Waals surface area contributed by atoms with Crippen LogP contribution >= 0.6 is 11.6 Å². The Morgan fingerprint density at radius 2 is 1.61 bits per heavy atom. The standard InChI is InChI=1S/C28H32ClN5O2/c1-21(2)18-27(35)34(19-22-8-4-3-5-9-22)20-28(36)33-16-14-32(15-17-33)26-13-12-25(30-31-26)23-10-6-7-11-24(23)29/h3-13,21H,14-20H2,1-2H3. The predicted octanol–water partition coefficient (Wildman–Crippen LogP) is 4.52. The first-order valence-corrected chi connectivity index (χ1v) is 12.7. The Morgan fingerprint density at radius 3 is 2.25 bits per heavy atom. The second kappa shape index (κ2) is 12.0. The smallest absolute Gasteiger partial charge is 0.242 e. The number of nitrogens with zero attached hydrogens (tertiary/aromatic N) is 5. The molecule has 188 valence electrons. The minimum atomic E-state index is -0.0251. The molecule has 0 N–H and O–H groups in total. The van der Waals surface area contributed by atoms with E-state index in [1.165, 1.54) is 0 Å². The van der Waals surface area contributed by atoms with E-state index in [9.17, 15) is 9.59 Å². The topological polar surface area (TPSA) is 69.6 Å². The van der Waals surface area contributed by atoms with Gasteiger partial charge >= 0.3 is 0 Å². The van der Waals surface area contributed by atoms with Crippen molar-refractivity contribution in [3.05, 3.63) is 77.3 Å². The normalized spacial score (nSPS) is 13.7. The molecule has 1 aromatic heterocycles. The fraction of sp³-hybridized carbons (Fsp3) is 0.357. The Kier molecular flexibility index (Phi) is 8.54. The van der Waals surface area contributed by atoms with Crippen LogP contribution in [-0.2, 0) is 16.1 Å². The molecule has 0 saturated carbocycles. The SMILES string of the molecule is CC(C)CC(=O)N(CC(=O)N1CCN(c2ccc(-c3ccccc3Cl)nn2)CC1)Cc1ccccc1. The van der Waals surface area contributed by atoms with Gasteiger partial charge in [0.1, 0.15) is 6.54 Å². The first kappa shape index (κ1) is 25.6. The second-order valence-electron chi connectivity index (χ2n) is 9.46. The van der Waals surface area contributed by atoms with Crippen LogP contribution in [0.2, 0.25) is 5.02 Å². The number of aromatic nitrogens is 2. The van der Waals surface area contributed by atoms with Gasteiger partial charge in [0.2, 0.25) is 11.8 Å². The van der Waals surface area contributed by atoms with E-state index in [-0.39, 0.29) is 24.3 Å². The summed E-state index contributed by atoms with van der Waals surface area (Å²) in [6.07, 6.45) is 0.427. The molecule has 7 nitrogen and oxygen atoms in total. The van der Waals surface area contributed by atoms with Crippen molar-refractivity contribution in [1.29, 1.82) is 0 Å². The summed E-state index contributed by atoms with van der Waals surface area (Å²) in [4.78, 5) is 31.7. The maximum absolute atomic E-state index is 13.1. The average Bonchev–Trinajstić information content (AvgIpc) is 2.89. The van der Waals surface area contributed by atoms with E-state index in [0.29, 0.717) is 44.2 Å². The molecule has 36 heavy (non-hydrogen) atoms. The van der Waals surface area contributed by atoms with Crippen molar-refractivity contribution in [3.8, 4) is 11.3 Å². The highest BCUT2D eigenvalue weighted by molar-refractivity contribution is 6.33. The summed E-state index contributed by atoms with van der Waals surface area (Å²) >= 11 is 6.28. The van der Waals surface area contributed by atoms with E-state index < -0.39 is 0 Å². The molecule has 0 bridgehead atoms. The maximum atomic E-state index is 13.1. The van der Waals surface area contributed by atoms with Gasteiger partial charge in [-0.2, -0.15) is 0 Å². The van der Waals surface area contributed by atoms with Gasteiger partial charge in [-0.25, -0.2) is 0 Å². The number of hydrogen-bond acceptors (Lipinski definition) is 5. The number of carbonyl (C=O) groups is 2. The van der Waals surface area contributed by atoms with E-state index in [4.69, 9.17) is 11.6 Å². The number of halogens is 1. The molecular formula is C28H32ClN5O2. The third-order valence-electron chi connectivity index (χ3n) is 6.23. The minimum Gasteiger partial charge on any atom is -0.352 e. The number of piperazine rings is 1. The summed E-state index contributed by atoms with van der Waals surface area (Å²) in [6.45, 7) is 7.02. The summed E-state index contributed by atoms with van der Waals surface area (Å²) in [7, 11) is 0. The van der Waals surface area contributed by atoms with Crippen LogP contribution in [0.5, 0.6) is 0 Å². The van der Waals surface area contributed by atoms with Crippen LogP contribution in [0, 0.1) is 5.92 Å². The van der Waals surface area contributed by atoms with Crippen molar-refractivity contribution in [1.82, 2.24) is 20.0 Å². The number of benzene rings is 2. The summed E-state index contributed by atoms with van der Waals surface area (Å²) in [6, 6.07) is 21.2. The molecule has 0 atom stereocenters. The molecule has 2 amide bonds. The van der Waals surface area contributed by atoms with Crippen LogP contribution in [-0.4, -0.2) is 64.5 Å². The Hall–Kier alpha value is -3.45. The fourth-order valence-corrected chi connectivity index (χ4v) is 4.50. The van der Waals surface area contributed by atoms with Crippen LogP contribution in [0.1, 0.15) is 25.8 Å². The fourth-order valence-electron chi connectivity index (χ4n) is 4.27. The van der Waals surface area contributed by atoms with E-state index in [2.05, 4.69) is 15.1 Å². The highest BCUT2D eigenvalue weighted by Gasteiger charge is 2.26. The van der Waals surface area contributed by atoms with Gasteiger partial charge in [0.05, 0.1) is 10.7 Å². The van der Waals surface area contributed by atoms with Crippen molar-refractivity contribution in [2.45, 2.75) is 26.8 Å². The predicted molar refractivity (Wildman–Crippen MR) is 143 cm³/mol. The van der Waals surface area contributed by atoms with Crippen LogP contribution in [0.3, 0.4) is 0 Å². The Balaban J connectivity index is 1.35. The molecule has 1 aliphatic heterocycles. The average molecular weight is 506 g/mol. The number of carbonyl (C=O) groups excluding carboxylic acids is 2. The van der Waals surface area contributed by atoms with Crippen molar-refractivity contribution in [3.63, 3.8) is 0 Å². The number of amides is 2.